The van der Waals surface area contributed by atoms with Crippen molar-refractivity contribution in [3.05, 3.63) is 36.0 Å². The molecule has 3 heteroatoms. The van der Waals surface area contributed by atoms with E-state index in [2.05, 4.69) is 18.8 Å². The number of aromatic nitrogens is 1. The zero-order chi connectivity index (χ0) is 14.9. The monoisotopic (exact) mass is 283 g/mol. The molecule has 2 aromatic rings. The fourth-order valence-electron chi connectivity index (χ4n) is 2.94. The molecule has 1 fully saturated rings. The fourth-order valence-corrected chi connectivity index (χ4v) is 2.94. The molecule has 1 aromatic heterocycles. The molecule has 0 unspecified atom stereocenters. The van der Waals surface area contributed by atoms with Crippen LogP contribution in [0.25, 0.3) is 10.9 Å². The van der Waals surface area contributed by atoms with Crippen LogP contribution in [0.2, 0.25) is 0 Å². The minimum atomic E-state index is 0.317. The molecule has 21 heavy (non-hydrogen) atoms. The number of carbonyl (C=O) groups excluding carboxylic acids is 1. The van der Waals surface area contributed by atoms with Crippen molar-refractivity contribution in [1.82, 2.24) is 4.98 Å². The molecule has 0 radical (unpaired) electrons. The van der Waals surface area contributed by atoms with Crippen LogP contribution < -0.4 is 4.74 Å². The summed E-state index contributed by atoms with van der Waals surface area (Å²) in [6.07, 6.45) is 5.76. The quantitative estimate of drug-likeness (QED) is 0.784. The third-order valence-electron chi connectivity index (χ3n) is 4.39. The van der Waals surface area contributed by atoms with Crippen molar-refractivity contribution in [1.29, 1.82) is 0 Å². The van der Waals surface area contributed by atoms with E-state index in [1.54, 1.807) is 6.07 Å². The van der Waals surface area contributed by atoms with Crippen molar-refractivity contribution in [2.24, 2.45) is 5.41 Å². The van der Waals surface area contributed by atoms with Crippen LogP contribution in [0.1, 0.15) is 50.0 Å². The Hall–Kier alpha value is -1.90. The molecule has 0 N–H and O–H groups in total. The van der Waals surface area contributed by atoms with Crippen molar-refractivity contribution >= 4 is 17.2 Å². The summed E-state index contributed by atoms with van der Waals surface area (Å²) < 4.78 is 6.12. The van der Waals surface area contributed by atoms with Crippen LogP contribution in [0.15, 0.2) is 30.3 Å². The Morgan fingerprint density at radius 1 is 1.19 bits per heavy atom. The Morgan fingerprint density at radius 2 is 1.95 bits per heavy atom. The summed E-state index contributed by atoms with van der Waals surface area (Å²) in [6.45, 7) is 4.66. The second kappa shape index (κ2) is 5.47. The summed E-state index contributed by atoms with van der Waals surface area (Å²) in [5.41, 5.74) is 1.75. The normalized spacial score (nSPS) is 18.6. The number of nitrogens with zero attached hydrogens (tertiary/aromatic N) is 1. The van der Waals surface area contributed by atoms with E-state index in [9.17, 15) is 4.79 Å². The molecule has 3 rings (SSSR count). The average Bonchev–Trinajstić information content (AvgIpc) is 2.49. The summed E-state index contributed by atoms with van der Waals surface area (Å²) in [7, 11) is 0. The Bertz CT molecular complexity index is 653. The second-order valence-corrected chi connectivity index (χ2v) is 6.69. The summed E-state index contributed by atoms with van der Waals surface area (Å²) in [5.74, 6) is 0.896. The Balaban J connectivity index is 1.74. The topological polar surface area (TPSA) is 39.2 Å². The maximum Gasteiger partial charge on any atom is 0.168 e. The predicted molar refractivity (Wildman–Crippen MR) is 83.8 cm³/mol. The van der Waals surface area contributed by atoms with Gasteiger partial charge in [0.1, 0.15) is 11.4 Å². The Labute approximate surface area is 125 Å². The highest BCUT2D eigenvalue weighted by atomic mass is 16.5. The van der Waals surface area contributed by atoms with Gasteiger partial charge in [-0.3, -0.25) is 4.79 Å². The highest BCUT2D eigenvalue weighted by Crippen LogP contribution is 2.36. The van der Waals surface area contributed by atoms with Crippen LogP contribution in [-0.4, -0.2) is 17.4 Å². The van der Waals surface area contributed by atoms with Crippen LogP contribution in [-0.2, 0) is 0 Å². The first-order valence-corrected chi connectivity index (χ1v) is 7.58. The fraction of sp³-hybridized carbons (Fsp3) is 0.444. The van der Waals surface area contributed by atoms with Gasteiger partial charge in [-0.2, -0.15) is 0 Å². The van der Waals surface area contributed by atoms with Gasteiger partial charge in [0.15, 0.2) is 6.29 Å². The van der Waals surface area contributed by atoms with Gasteiger partial charge >= 0.3 is 0 Å². The van der Waals surface area contributed by atoms with E-state index >= 15 is 0 Å². The minimum absolute atomic E-state index is 0.317. The Kier molecular flexibility index (Phi) is 3.66. The van der Waals surface area contributed by atoms with E-state index < -0.39 is 0 Å². The molecule has 0 spiro atoms. The van der Waals surface area contributed by atoms with E-state index in [1.165, 1.54) is 12.8 Å². The predicted octanol–water partition coefficient (Wildman–Crippen LogP) is 4.39. The van der Waals surface area contributed by atoms with Gasteiger partial charge < -0.3 is 4.74 Å². The van der Waals surface area contributed by atoms with Crippen LogP contribution in [0.3, 0.4) is 0 Å². The number of aldehydes is 1. The van der Waals surface area contributed by atoms with Crippen molar-refractivity contribution in [2.75, 3.05) is 0 Å². The first kappa shape index (κ1) is 14.1. The lowest BCUT2D eigenvalue weighted by molar-refractivity contribution is 0.0989. The third kappa shape index (κ3) is 3.23. The van der Waals surface area contributed by atoms with Gasteiger partial charge in [-0.1, -0.05) is 19.9 Å². The van der Waals surface area contributed by atoms with Gasteiger partial charge in [0, 0.05) is 5.39 Å². The number of fused-ring (bicyclic) bond motifs is 1. The van der Waals surface area contributed by atoms with E-state index in [4.69, 9.17) is 4.74 Å². The van der Waals surface area contributed by atoms with Crippen molar-refractivity contribution in [2.45, 2.75) is 45.6 Å². The van der Waals surface area contributed by atoms with Gasteiger partial charge in [-0.15, -0.1) is 0 Å². The Morgan fingerprint density at radius 3 is 2.67 bits per heavy atom. The number of carbonyl (C=O) groups is 1. The SMILES string of the molecule is CC1(C)CCC(Oc2ccc3nc(C=O)ccc3c2)CC1. The molecule has 1 aromatic carbocycles. The maximum atomic E-state index is 10.7. The number of hydrogen-bond donors (Lipinski definition) is 0. The number of hydrogen-bond acceptors (Lipinski definition) is 3. The van der Waals surface area contributed by atoms with E-state index in [0.29, 0.717) is 17.2 Å². The van der Waals surface area contributed by atoms with E-state index in [1.807, 2.05) is 24.3 Å². The van der Waals surface area contributed by atoms with Crippen LogP contribution in [0, 0.1) is 5.41 Å². The standard InChI is InChI=1S/C18H21NO2/c1-18(2)9-7-15(8-10-18)21-16-5-6-17-13(11-16)3-4-14(12-20)19-17/h3-6,11-12,15H,7-10H2,1-2H3. The molecular formula is C18H21NO2. The van der Waals surface area contributed by atoms with Gasteiger partial charge in [0.25, 0.3) is 0 Å². The first-order valence-electron chi connectivity index (χ1n) is 7.58. The van der Waals surface area contributed by atoms with Gasteiger partial charge in [0.2, 0.25) is 0 Å². The molecule has 3 nitrogen and oxygen atoms in total. The molecule has 110 valence electrons. The molecule has 0 amide bonds. The zero-order valence-electron chi connectivity index (χ0n) is 12.6. The molecule has 0 saturated heterocycles. The van der Waals surface area contributed by atoms with Crippen molar-refractivity contribution in [3.8, 4) is 5.75 Å². The third-order valence-corrected chi connectivity index (χ3v) is 4.39. The largest absolute Gasteiger partial charge is 0.490 e. The first-order chi connectivity index (χ1) is 10.1. The molecule has 1 heterocycles. The van der Waals surface area contributed by atoms with E-state index in [0.717, 1.165) is 35.8 Å². The second-order valence-electron chi connectivity index (χ2n) is 6.69. The zero-order valence-corrected chi connectivity index (χ0v) is 12.6. The molecule has 1 saturated carbocycles. The number of rotatable bonds is 3. The molecule has 0 atom stereocenters. The van der Waals surface area contributed by atoms with Gasteiger partial charge in [-0.25, -0.2) is 4.98 Å². The number of pyridine rings is 1. The molecule has 0 aliphatic heterocycles. The van der Waals surface area contributed by atoms with Crippen LogP contribution >= 0.6 is 0 Å². The number of ether oxygens (including phenoxy) is 1. The van der Waals surface area contributed by atoms with Crippen LogP contribution in [0.5, 0.6) is 5.75 Å². The van der Waals surface area contributed by atoms with E-state index in [-0.39, 0.29) is 0 Å². The van der Waals surface area contributed by atoms with Crippen molar-refractivity contribution in [3.63, 3.8) is 0 Å². The lowest BCUT2D eigenvalue weighted by Gasteiger charge is -2.34. The van der Waals surface area contributed by atoms with Crippen LogP contribution in [0.4, 0.5) is 0 Å². The summed E-state index contributed by atoms with van der Waals surface area (Å²) >= 11 is 0. The molecule has 1 aliphatic carbocycles. The van der Waals surface area contributed by atoms with Gasteiger partial charge in [0.05, 0.1) is 11.6 Å². The lowest BCUT2D eigenvalue weighted by Crippen LogP contribution is -2.28. The number of benzene rings is 1. The smallest absolute Gasteiger partial charge is 0.168 e. The molecule has 0 bridgehead atoms. The molecular weight excluding hydrogens is 262 g/mol. The maximum absolute atomic E-state index is 10.7. The highest BCUT2D eigenvalue weighted by molar-refractivity contribution is 5.84. The average molecular weight is 283 g/mol. The minimum Gasteiger partial charge on any atom is -0.490 e. The summed E-state index contributed by atoms with van der Waals surface area (Å²) in [4.78, 5) is 15.0. The highest BCUT2D eigenvalue weighted by Gasteiger charge is 2.27. The lowest BCUT2D eigenvalue weighted by atomic mass is 9.76. The summed E-state index contributed by atoms with van der Waals surface area (Å²) in [6, 6.07) is 9.54. The van der Waals surface area contributed by atoms with Gasteiger partial charge in [-0.05, 0) is 55.4 Å². The van der Waals surface area contributed by atoms with Crippen molar-refractivity contribution < 1.29 is 9.53 Å². The molecule has 1 aliphatic rings. The summed E-state index contributed by atoms with van der Waals surface area (Å²) in [5, 5.41) is 1.01.